The number of aromatic nitrogens is 3. The van der Waals surface area contributed by atoms with Gasteiger partial charge in [0.15, 0.2) is 5.82 Å². The standard InChI is InChI=1S/C15H19N5O2/c1-9-7-14(20-22-9)19-15(21)12-8-13(17-10(2)16-12)18-11-5-3-4-6-11/h7-8,11H,3-6H2,1-2H3,(H,16,17,18)(H,19,20,21). The summed E-state index contributed by atoms with van der Waals surface area (Å²) in [6, 6.07) is 3.76. The smallest absolute Gasteiger partial charge is 0.275 e. The van der Waals surface area contributed by atoms with E-state index in [-0.39, 0.29) is 5.91 Å². The van der Waals surface area contributed by atoms with Crippen LogP contribution in [0.3, 0.4) is 0 Å². The molecule has 0 radical (unpaired) electrons. The highest BCUT2D eigenvalue weighted by Crippen LogP contribution is 2.21. The molecule has 0 aromatic carbocycles. The van der Waals surface area contributed by atoms with Crippen molar-refractivity contribution in [3.8, 4) is 0 Å². The van der Waals surface area contributed by atoms with E-state index in [0.717, 1.165) is 12.8 Å². The highest BCUT2D eigenvalue weighted by atomic mass is 16.5. The van der Waals surface area contributed by atoms with Crippen molar-refractivity contribution in [1.29, 1.82) is 0 Å². The minimum atomic E-state index is -0.326. The van der Waals surface area contributed by atoms with Crippen molar-refractivity contribution in [2.45, 2.75) is 45.6 Å². The Labute approximate surface area is 128 Å². The molecule has 1 amide bonds. The molecule has 0 atom stereocenters. The Bertz CT molecular complexity index is 676. The Morgan fingerprint density at radius 2 is 1.95 bits per heavy atom. The molecule has 1 aliphatic carbocycles. The highest BCUT2D eigenvalue weighted by molar-refractivity contribution is 6.02. The second-order valence-electron chi connectivity index (χ2n) is 5.59. The minimum absolute atomic E-state index is 0.314. The van der Waals surface area contributed by atoms with Gasteiger partial charge in [0.05, 0.1) is 0 Å². The number of nitrogens with zero attached hydrogens (tertiary/aromatic N) is 3. The lowest BCUT2D eigenvalue weighted by Gasteiger charge is -2.13. The molecular formula is C15H19N5O2. The number of nitrogens with one attached hydrogen (secondary N) is 2. The molecule has 0 spiro atoms. The van der Waals surface area contributed by atoms with E-state index >= 15 is 0 Å². The predicted octanol–water partition coefficient (Wildman–Crippen LogP) is 2.69. The fourth-order valence-electron chi connectivity index (χ4n) is 2.64. The fraction of sp³-hybridized carbons (Fsp3) is 0.467. The molecule has 7 heteroatoms. The lowest BCUT2D eigenvalue weighted by atomic mass is 10.2. The van der Waals surface area contributed by atoms with Crippen LogP contribution in [0.1, 0.15) is 47.8 Å². The van der Waals surface area contributed by atoms with Crippen LogP contribution >= 0.6 is 0 Å². The zero-order valence-corrected chi connectivity index (χ0v) is 12.7. The van der Waals surface area contributed by atoms with Crippen molar-refractivity contribution in [3.05, 3.63) is 29.4 Å². The monoisotopic (exact) mass is 301 g/mol. The first-order valence-electron chi connectivity index (χ1n) is 7.47. The number of anilines is 2. The molecule has 0 bridgehead atoms. The first-order chi connectivity index (χ1) is 10.6. The molecule has 0 unspecified atom stereocenters. The summed E-state index contributed by atoms with van der Waals surface area (Å²) in [4.78, 5) is 20.8. The molecule has 1 saturated carbocycles. The van der Waals surface area contributed by atoms with Gasteiger partial charge in [-0.3, -0.25) is 4.79 Å². The van der Waals surface area contributed by atoms with E-state index in [1.807, 2.05) is 0 Å². The number of amides is 1. The lowest BCUT2D eigenvalue weighted by Crippen LogP contribution is -2.19. The summed E-state index contributed by atoms with van der Waals surface area (Å²) in [5, 5.41) is 9.79. The van der Waals surface area contributed by atoms with Gasteiger partial charge in [0.1, 0.15) is 23.1 Å². The maximum atomic E-state index is 12.3. The topological polar surface area (TPSA) is 92.9 Å². The van der Waals surface area contributed by atoms with Gasteiger partial charge in [-0.25, -0.2) is 9.97 Å². The number of hydrogen-bond acceptors (Lipinski definition) is 6. The summed E-state index contributed by atoms with van der Waals surface area (Å²) < 4.78 is 4.93. The fourth-order valence-corrected chi connectivity index (χ4v) is 2.64. The van der Waals surface area contributed by atoms with Gasteiger partial charge in [-0.05, 0) is 26.7 Å². The highest BCUT2D eigenvalue weighted by Gasteiger charge is 2.17. The zero-order chi connectivity index (χ0) is 15.5. The Morgan fingerprint density at radius 1 is 1.18 bits per heavy atom. The molecule has 1 fully saturated rings. The van der Waals surface area contributed by atoms with Crippen molar-refractivity contribution in [2.24, 2.45) is 0 Å². The van der Waals surface area contributed by atoms with Crippen molar-refractivity contribution in [1.82, 2.24) is 15.1 Å². The first kappa shape index (κ1) is 14.5. The van der Waals surface area contributed by atoms with Crippen molar-refractivity contribution in [2.75, 3.05) is 10.6 Å². The van der Waals surface area contributed by atoms with E-state index in [1.54, 1.807) is 26.0 Å². The number of aryl methyl sites for hydroxylation is 2. The molecule has 7 nitrogen and oxygen atoms in total. The van der Waals surface area contributed by atoms with Crippen LogP contribution in [0.2, 0.25) is 0 Å². The van der Waals surface area contributed by atoms with Gasteiger partial charge in [-0.15, -0.1) is 0 Å². The lowest BCUT2D eigenvalue weighted by molar-refractivity contribution is 0.102. The largest absolute Gasteiger partial charge is 0.367 e. The molecule has 1 aliphatic rings. The van der Waals surface area contributed by atoms with E-state index < -0.39 is 0 Å². The first-order valence-corrected chi connectivity index (χ1v) is 7.47. The summed E-state index contributed by atoms with van der Waals surface area (Å²) in [5.74, 6) is 1.94. The van der Waals surface area contributed by atoms with Gasteiger partial charge >= 0.3 is 0 Å². The summed E-state index contributed by atoms with van der Waals surface area (Å²) in [7, 11) is 0. The van der Waals surface area contributed by atoms with E-state index in [9.17, 15) is 4.79 Å². The SMILES string of the molecule is Cc1nc(NC2CCCC2)cc(C(=O)Nc2cc(C)on2)n1. The average Bonchev–Trinajstić information content (AvgIpc) is 3.10. The Balaban J connectivity index is 1.74. The van der Waals surface area contributed by atoms with E-state index in [2.05, 4.69) is 25.8 Å². The van der Waals surface area contributed by atoms with Crippen molar-refractivity contribution in [3.63, 3.8) is 0 Å². The molecule has 0 saturated heterocycles. The number of rotatable bonds is 4. The van der Waals surface area contributed by atoms with E-state index in [0.29, 0.717) is 35.0 Å². The maximum Gasteiger partial charge on any atom is 0.275 e. The van der Waals surface area contributed by atoms with Crippen LogP contribution in [0, 0.1) is 13.8 Å². The number of carbonyl (C=O) groups is 1. The van der Waals surface area contributed by atoms with Crippen LogP contribution in [-0.4, -0.2) is 27.1 Å². The third-order valence-corrected chi connectivity index (χ3v) is 3.65. The molecule has 116 valence electrons. The third-order valence-electron chi connectivity index (χ3n) is 3.65. The Kier molecular flexibility index (Phi) is 4.04. The third kappa shape index (κ3) is 3.41. The van der Waals surface area contributed by atoms with E-state index in [4.69, 9.17) is 4.52 Å². The molecule has 2 heterocycles. The molecule has 2 aromatic rings. The molecule has 3 rings (SSSR count). The van der Waals surface area contributed by atoms with Gasteiger partial charge in [0, 0.05) is 18.2 Å². The molecule has 2 N–H and O–H groups in total. The summed E-state index contributed by atoms with van der Waals surface area (Å²) in [5.41, 5.74) is 0.314. The van der Waals surface area contributed by atoms with Crippen LogP contribution in [0.15, 0.2) is 16.7 Å². The van der Waals surface area contributed by atoms with Crippen molar-refractivity contribution >= 4 is 17.5 Å². The van der Waals surface area contributed by atoms with Crippen molar-refractivity contribution < 1.29 is 9.32 Å². The second-order valence-corrected chi connectivity index (χ2v) is 5.59. The van der Waals surface area contributed by atoms with Gasteiger partial charge in [0.2, 0.25) is 0 Å². The Hall–Kier alpha value is -2.44. The minimum Gasteiger partial charge on any atom is -0.367 e. The molecule has 2 aromatic heterocycles. The van der Waals surface area contributed by atoms with Crippen LogP contribution in [-0.2, 0) is 0 Å². The number of hydrogen-bond donors (Lipinski definition) is 2. The summed E-state index contributed by atoms with van der Waals surface area (Å²) in [6.45, 7) is 3.54. The van der Waals surface area contributed by atoms with Crippen LogP contribution in [0.4, 0.5) is 11.6 Å². The Morgan fingerprint density at radius 3 is 2.64 bits per heavy atom. The summed E-state index contributed by atoms with van der Waals surface area (Å²) >= 11 is 0. The molecular weight excluding hydrogens is 282 g/mol. The average molecular weight is 301 g/mol. The van der Waals surface area contributed by atoms with Gasteiger partial charge in [-0.1, -0.05) is 18.0 Å². The zero-order valence-electron chi connectivity index (χ0n) is 12.7. The number of carbonyl (C=O) groups excluding carboxylic acids is 1. The van der Waals surface area contributed by atoms with Gasteiger partial charge in [0.25, 0.3) is 5.91 Å². The van der Waals surface area contributed by atoms with Gasteiger partial charge < -0.3 is 15.2 Å². The van der Waals surface area contributed by atoms with E-state index in [1.165, 1.54) is 12.8 Å². The predicted molar refractivity (Wildman–Crippen MR) is 81.8 cm³/mol. The van der Waals surface area contributed by atoms with Crippen LogP contribution in [0.25, 0.3) is 0 Å². The molecule has 22 heavy (non-hydrogen) atoms. The van der Waals surface area contributed by atoms with Crippen LogP contribution in [0.5, 0.6) is 0 Å². The molecule has 0 aliphatic heterocycles. The van der Waals surface area contributed by atoms with Crippen LogP contribution < -0.4 is 10.6 Å². The quantitative estimate of drug-likeness (QED) is 0.902. The summed E-state index contributed by atoms with van der Waals surface area (Å²) in [6.07, 6.45) is 4.76. The second kappa shape index (κ2) is 6.13. The van der Waals surface area contributed by atoms with Gasteiger partial charge in [-0.2, -0.15) is 0 Å². The maximum absolute atomic E-state index is 12.3. The normalized spacial score (nSPS) is 15.0.